The highest BCUT2D eigenvalue weighted by Gasteiger charge is 2.04. The minimum absolute atomic E-state index is 1.01. The van der Waals surface area contributed by atoms with Crippen LogP contribution in [-0.4, -0.2) is 4.98 Å². The van der Waals surface area contributed by atoms with Crippen molar-refractivity contribution in [2.24, 2.45) is 0 Å². The maximum atomic E-state index is 4.77. The molecule has 0 saturated heterocycles. The maximum absolute atomic E-state index is 4.77. The van der Waals surface area contributed by atoms with Crippen LogP contribution in [0.3, 0.4) is 0 Å². The molecular weight excluding hydrogens is 322 g/mol. The van der Waals surface area contributed by atoms with Crippen molar-refractivity contribution in [2.45, 2.75) is 0 Å². The molecule has 0 aliphatic rings. The lowest BCUT2D eigenvalue weighted by Crippen LogP contribution is -1.85. The third kappa shape index (κ3) is 2.22. The Bertz CT molecular complexity index is 945. The Labute approximate surface area is 131 Å². The Balaban J connectivity index is 1.98. The summed E-state index contributed by atoms with van der Waals surface area (Å²) in [6.45, 7) is 0. The molecule has 1 nitrogen and oxygen atoms in total. The first kappa shape index (κ1) is 12.5. The van der Waals surface area contributed by atoms with E-state index in [-0.39, 0.29) is 0 Å². The van der Waals surface area contributed by atoms with E-state index in [9.17, 15) is 0 Å². The summed E-state index contributed by atoms with van der Waals surface area (Å²) in [6.07, 6.45) is 0. The Kier molecular flexibility index (Phi) is 2.97. The van der Waals surface area contributed by atoms with Gasteiger partial charge in [-0.3, -0.25) is 0 Å². The van der Waals surface area contributed by atoms with Gasteiger partial charge in [-0.2, -0.15) is 0 Å². The van der Waals surface area contributed by atoms with Crippen molar-refractivity contribution in [2.75, 3.05) is 0 Å². The van der Waals surface area contributed by atoms with Gasteiger partial charge in [0.2, 0.25) is 0 Å². The summed E-state index contributed by atoms with van der Waals surface area (Å²) in [5.41, 5.74) is 4.49. The molecule has 3 aromatic carbocycles. The monoisotopic (exact) mass is 333 g/mol. The van der Waals surface area contributed by atoms with E-state index in [1.807, 2.05) is 18.2 Å². The molecule has 21 heavy (non-hydrogen) atoms. The minimum atomic E-state index is 1.01. The number of pyridine rings is 1. The Morgan fingerprint density at radius 2 is 1.52 bits per heavy atom. The number of hydrogen-bond donors (Lipinski definition) is 0. The zero-order valence-corrected chi connectivity index (χ0v) is 12.8. The molecule has 4 aromatic rings. The number of aromatic nitrogens is 1. The zero-order chi connectivity index (χ0) is 14.2. The van der Waals surface area contributed by atoms with E-state index in [4.69, 9.17) is 4.98 Å². The SMILES string of the molecule is Brc1cccc2cc3cc(-c4ccccc4)ccc3nc12. The highest BCUT2D eigenvalue weighted by molar-refractivity contribution is 9.10. The molecule has 2 heteroatoms. The maximum Gasteiger partial charge on any atom is 0.0851 e. The molecule has 0 fully saturated rings. The summed E-state index contributed by atoms with van der Waals surface area (Å²) in [4.78, 5) is 4.77. The van der Waals surface area contributed by atoms with Crippen LogP contribution in [0.25, 0.3) is 32.9 Å². The van der Waals surface area contributed by atoms with Gasteiger partial charge in [-0.15, -0.1) is 0 Å². The highest BCUT2D eigenvalue weighted by atomic mass is 79.9. The number of hydrogen-bond acceptors (Lipinski definition) is 1. The fourth-order valence-corrected chi connectivity index (χ4v) is 3.11. The Morgan fingerprint density at radius 1 is 0.667 bits per heavy atom. The van der Waals surface area contributed by atoms with Gasteiger partial charge >= 0.3 is 0 Å². The predicted octanol–water partition coefficient (Wildman–Crippen LogP) is 5.82. The van der Waals surface area contributed by atoms with Crippen LogP contribution >= 0.6 is 15.9 Å². The van der Waals surface area contributed by atoms with Gasteiger partial charge < -0.3 is 0 Å². The lowest BCUT2D eigenvalue weighted by molar-refractivity contribution is 1.48. The summed E-state index contributed by atoms with van der Waals surface area (Å²) >= 11 is 3.57. The van der Waals surface area contributed by atoms with Gasteiger partial charge in [-0.25, -0.2) is 4.98 Å². The molecule has 0 spiro atoms. The van der Waals surface area contributed by atoms with Crippen LogP contribution in [0, 0.1) is 0 Å². The predicted molar refractivity (Wildman–Crippen MR) is 92.4 cm³/mol. The van der Waals surface area contributed by atoms with Crippen LogP contribution in [0.1, 0.15) is 0 Å². The Hall–Kier alpha value is -2.19. The van der Waals surface area contributed by atoms with Crippen molar-refractivity contribution in [1.29, 1.82) is 0 Å². The van der Waals surface area contributed by atoms with Crippen LogP contribution in [0.2, 0.25) is 0 Å². The van der Waals surface area contributed by atoms with Crippen molar-refractivity contribution >= 4 is 37.7 Å². The van der Waals surface area contributed by atoms with Gasteiger partial charge in [0, 0.05) is 15.2 Å². The van der Waals surface area contributed by atoms with Crippen LogP contribution in [0.5, 0.6) is 0 Å². The summed E-state index contributed by atoms with van der Waals surface area (Å²) in [6, 6.07) is 25.2. The van der Waals surface area contributed by atoms with E-state index in [2.05, 4.69) is 70.5 Å². The van der Waals surface area contributed by atoms with Gasteiger partial charge in [0.25, 0.3) is 0 Å². The standard InChI is InChI=1S/C19H12BrN/c20-17-8-4-7-15-12-16-11-14(13-5-2-1-3-6-13)9-10-18(16)21-19(15)17/h1-12H. The fourth-order valence-electron chi connectivity index (χ4n) is 2.64. The normalized spacial score (nSPS) is 11.1. The van der Waals surface area contributed by atoms with E-state index >= 15 is 0 Å². The van der Waals surface area contributed by atoms with E-state index in [1.54, 1.807) is 0 Å². The van der Waals surface area contributed by atoms with Crippen LogP contribution < -0.4 is 0 Å². The molecule has 0 bridgehead atoms. The smallest absolute Gasteiger partial charge is 0.0851 e. The average molecular weight is 334 g/mol. The third-order valence-corrected chi connectivity index (χ3v) is 4.34. The van der Waals surface area contributed by atoms with Gasteiger partial charge in [0.15, 0.2) is 0 Å². The van der Waals surface area contributed by atoms with Crippen molar-refractivity contribution in [1.82, 2.24) is 4.98 Å². The second-order valence-electron chi connectivity index (χ2n) is 5.07. The van der Waals surface area contributed by atoms with Crippen molar-refractivity contribution < 1.29 is 0 Å². The number of nitrogens with zero attached hydrogens (tertiary/aromatic N) is 1. The second-order valence-corrected chi connectivity index (χ2v) is 5.93. The first-order valence-corrected chi connectivity index (χ1v) is 7.65. The van der Waals surface area contributed by atoms with Crippen LogP contribution in [-0.2, 0) is 0 Å². The molecule has 0 atom stereocenters. The summed E-state index contributed by atoms with van der Waals surface area (Å²) < 4.78 is 1.04. The lowest BCUT2D eigenvalue weighted by Gasteiger charge is -2.06. The number of rotatable bonds is 1. The molecule has 1 aromatic heterocycles. The molecule has 0 unspecified atom stereocenters. The number of benzene rings is 3. The van der Waals surface area contributed by atoms with E-state index in [1.165, 1.54) is 16.5 Å². The summed E-state index contributed by atoms with van der Waals surface area (Å²) in [7, 11) is 0. The van der Waals surface area contributed by atoms with Crippen molar-refractivity contribution in [3.05, 3.63) is 77.3 Å². The molecule has 4 rings (SSSR count). The molecule has 1 heterocycles. The molecule has 0 N–H and O–H groups in total. The van der Waals surface area contributed by atoms with Crippen molar-refractivity contribution in [3.63, 3.8) is 0 Å². The second kappa shape index (κ2) is 4.97. The first-order chi connectivity index (χ1) is 10.3. The van der Waals surface area contributed by atoms with E-state index in [0.717, 1.165) is 20.9 Å². The van der Waals surface area contributed by atoms with E-state index in [0.29, 0.717) is 0 Å². The van der Waals surface area contributed by atoms with Gasteiger partial charge in [-0.05, 0) is 51.3 Å². The van der Waals surface area contributed by atoms with E-state index < -0.39 is 0 Å². The molecule has 0 saturated carbocycles. The molecular formula is C19H12BrN. The Morgan fingerprint density at radius 3 is 2.38 bits per heavy atom. The van der Waals surface area contributed by atoms with Crippen LogP contribution in [0.4, 0.5) is 0 Å². The molecule has 100 valence electrons. The average Bonchev–Trinajstić information content (AvgIpc) is 2.54. The van der Waals surface area contributed by atoms with Crippen LogP contribution in [0.15, 0.2) is 77.3 Å². The molecule has 0 aliphatic heterocycles. The zero-order valence-electron chi connectivity index (χ0n) is 11.3. The fraction of sp³-hybridized carbons (Fsp3) is 0. The number of fused-ring (bicyclic) bond motifs is 2. The molecule has 0 radical (unpaired) electrons. The molecule has 0 aliphatic carbocycles. The lowest BCUT2D eigenvalue weighted by atomic mass is 10.0. The highest BCUT2D eigenvalue weighted by Crippen LogP contribution is 2.28. The van der Waals surface area contributed by atoms with Gasteiger partial charge in [0.05, 0.1) is 11.0 Å². The topological polar surface area (TPSA) is 12.9 Å². The quantitative estimate of drug-likeness (QED) is 0.400. The van der Waals surface area contributed by atoms with Gasteiger partial charge in [-0.1, -0.05) is 48.5 Å². The number of halogens is 1. The summed E-state index contributed by atoms with van der Waals surface area (Å²) in [5, 5.41) is 2.32. The third-order valence-electron chi connectivity index (χ3n) is 3.70. The van der Waals surface area contributed by atoms with Crippen molar-refractivity contribution in [3.8, 4) is 11.1 Å². The molecule has 0 amide bonds. The number of para-hydroxylation sites is 1. The van der Waals surface area contributed by atoms with Gasteiger partial charge in [0.1, 0.15) is 0 Å². The summed E-state index contributed by atoms with van der Waals surface area (Å²) in [5.74, 6) is 0. The minimum Gasteiger partial charge on any atom is -0.247 e. The first-order valence-electron chi connectivity index (χ1n) is 6.86. The largest absolute Gasteiger partial charge is 0.247 e.